The van der Waals surface area contributed by atoms with Crippen LogP contribution in [0.1, 0.15) is 83.5 Å². The molecule has 20 nitrogen and oxygen atoms in total. The van der Waals surface area contributed by atoms with E-state index in [1.54, 1.807) is 6.92 Å². The normalized spacial score (nSPS) is 15.1. The van der Waals surface area contributed by atoms with Gasteiger partial charge in [0.25, 0.3) is 11.8 Å². The van der Waals surface area contributed by atoms with Crippen molar-refractivity contribution in [3.8, 4) is 0 Å². The SMILES string of the molecule is CCCC(NC(=O)C(CS(C)(=O)=O)NC)C(O)C(=O)NCC(=O)NC(C)c1ccccc1.CCCC(NC(=O)C(CS(C)(=O)=O)NCC)C(O)C(=O)NCC(=O)NC(C)c1ccccc1. The molecule has 0 bridgehead atoms. The zero-order valence-corrected chi connectivity index (χ0v) is 40.2. The molecule has 65 heavy (non-hydrogen) atoms. The van der Waals surface area contributed by atoms with Gasteiger partial charge in [0, 0.05) is 12.5 Å². The van der Waals surface area contributed by atoms with Gasteiger partial charge >= 0.3 is 0 Å². The number of carbonyl (C=O) groups is 6. The van der Waals surface area contributed by atoms with Gasteiger partial charge in [0.2, 0.25) is 23.6 Å². The molecule has 22 heteroatoms. The number of carbonyl (C=O) groups excluding carboxylic acids is 6. The average molecular weight is 955 g/mol. The van der Waals surface area contributed by atoms with Crippen molar-refractivity contribution in [1.29, 1.82) is 0 Å². The summed E-state index contributed by atoms with van der Waals surface area (Å²) in [6, 6.07) is 14.2. The lowest BCUT2D eigenvalue weighted by Gasteiger charge is -2.26. The Balaban J connectivity index is 0.000000650. The summed E-state index contributed by atoms with van der Waals surface area (Å²) < 4.78 is 46.2. The highest BCUT2D eigenvalue weighted by Gasteiger charge is 2.32. The lowest BCUT2D eigenvalue weighted by Crippen LogP contribution is -2.56. The molecule has 2 rings (SSSR count). The molecule has 0 spiro atoms. The molecule has 10 N–H and O–H groups in total. The maximum absolute atomic E-state index is 12.6. The van der Waals surface area contributed by atoms with Crippen molar-refractivity contribution in [2.24, 2.45) is 0 Å². The quantitative estimate of drug-likeness (QED) is 0.0509. The lowest BCUT2D eigenvalue weighted by molar-refractivity contribution is -0.135. The fraction of sp³-hybridized carbons (Fsp3) is 0.581. The van der Waals surface area contributed by atoms with E-state index in [-0.39, 0.29) is 38.0 Å². The molecule has 0 radical (unpaired) electrons. The van der Waals surface area contributed by atoms with Gasteiger partial charge in [-0.2, -0.15) is 0 Å². The first-order valence-electron chi connectivity index (χ1n) is 21.4. The molecule has 8 unspecified atom stereocenters. The number of hydrogen-bond donors (Lipinski definition) is 10. The summed E-state index contributed by atoms with van der Waals surface area (Å²) in [6.45, 7) is 8.68. The Morgan fingerprint density at radius 2 is 0.908 bits per heavy atom. The van der Waals surface area contributed by atoms with Gasteiger partial charge < -0.3 is 52.7 Å². The highest BCUT2D eigenvalue weighted by Crippen LogP contribution is 2.12. The van der Waals surface area contributed by atoms with Crippen LogP contribution in [0.15, 0.2) is 60.7 Å². The van der Waals surface area contributed by atoms with E-state index in [2.05, 4.69) is 42.5 Å². The molecule has 0 heterocycles. The molecule has 6 amide bonds. The number of benzene rings is 2. The van der Waals surface area contributed by atoms with Crippen LogP contribution in [0, 0.1) is 0 Å². The van der Waals surface area contributed by atoms with Crippen LogP contribution in [-0.2, 0) is 48.4 Å². The van der Waals surface area contributed by atoms with E-state index in [9.17, 15) is 55.8 Å². The van der Waals surface area contributed by atoms with Crippen LogP contribution in [0.5, 0.6) is 0 Å². The summed E-state index contributed by atoms with van der Waals surface area (Å²) in [5.74, 6) is -4.57. The molecular weight excluding hydrogens is 885 g/mol. The van der Waals surface area contributed by atoms with E-state index in [1.165, 1.54) is 7.05 Å². The molecule has 2 aromatic carbocycles. The van der Waals surface area contributed by atoms with E-state index in [1.807, 2.05) is 88.4 Å². The first-order chi connectivity index (χ1) is 30.5. The summed E-state index contributed by atoms with van der Waals surface area (Å²) in [5, 5.41) is 41.7. The number of likely N-dealkylation sites (N-methyl/N-ethyl adjacent to an activating group) is 2. The van der Waals surface area contributed by atoms with Crippen LogP contribution in [0.25, 0.3) is 0 Å². The number of sulfone groups is 2. The van der Waals surface area contributed by atoms with Crippen molar-refractivity contribution in [2.75, 3.05) is 50.7 Å². The van der Waals surface area contributed by atoms with E-state index in [0.29, 0.717) is 19.4 Å². The standard InChI is InChI=1S/C22H36N4O6S.C21H34N4O6S/c1-5-10-17(26-21(29)18(23-6-2)14-33(4,31)32)20(28)22(30)24-13-19(27)25-15(3)16-11-8-7-9-12-16;1-5-9-16(25-20(28)17(22-3)13-32(4,30)31)19(27)21(29)23-12-18(26)24-14(2)15-10-7-6-8-11-15/h7-9,11-12,15,17-18,20,23,28H,5-6,10,13-14H2,1-4H3,(H,24,30)(H,25,27)(H,26,29);6-8,10-11,14,16-17,19,22,27H,5,9,12-13H2,1-4H3,(H,23,29)(H,24,26)(H,25,28). The molecule has 366 valence electrons. The summed E-state index contributed by atoms with van der Waals surface area (Å²) in [7, 11) is -5.41. The minimum Gasteiger partial charge on any atom is -0.381 e. The number of hydrogen-bond acceptors (Lipinski definition) is 14. The highest BCUT2D eigenvalue weighted by molar-refractivity contribution is 7.91. The van der Waals surface area contributed by atoms with E-state index < -0.39 is 103 Å². The number of amides is 6. The Morgan fingerprint density at radius 1 is 0.554 bits per heavy atom. The predicted molar refractivity (Wildman–Crippen MR) is 247 cm³/mol. The van der Waals surface area contributed by atoms with Crippen LogP contribution in [0.3, 0.4) is 0 Å². The Bertz CT molecular complexity index is 2030. The highest BCUT2D eigenvalue weighted by atomic mass is 32.2. The van der Waals surface area contributed by atoms with E-state index >= 15 is 0 Å². The van der Waals surface area contributed by atoms with Crippen molar-refractivity contribution in [2.45, 2.75) is 109 Å². The third-order valence-corrected chi connectivity index (χ3v) is 11.6. The van der Waals surface area contributed by atoms with Gasteiger partial charge in [-0.05, 0) is 51.4 Å². The second-order valence-electron chi connectivity index (χ2n) is 15.7. The Labute approximate surface area is 383 Å². The van der Waals surface area contributed by atoms with Crippen molar-refractivity contribution >= 4 is 55.1 Å². The minimum atomic E-state index is -3.43. The molecule has 0 aromatic heterocycles. The summed E-state index contributed by atoms with van der Waals surface area (Å²) in [5.41, 5.74) is 1.82. The fourth-order valence-electron chi connectivity index (χ4n) is 6.32. The molecule has 8 atom stereocenters. The van der Waals surface area contributed by atoms with E-state index in [0.717, 1.165) is 23.6 Å². The van der Waals surface area contributed by atoms with Gasteiger partial charge in [0.1, 0.15) is 31.8 Å². The third kappa shape index (κ3) is 23.7. The topological polar surface area (TPSA) is 307 Å². The van der Waals surface area contributed by atoms with Gasteiger partial charge in [-0.1, -0.05) is 94.3 Å². The van der Waals surface area contributed by atoms with Crippen molar-refractivity contribution in [3.05, 3.63) is 71.8 Å². The zero-order valence-electron chi connectivity index (χ0n) is 38.5. The summed E-state index contributed by atoms with van der Waals surface area (Å²) >= 11 is 0. The Kier molecular flexibility index (Phi) is 26.3. The van der Waals surface area contributed by atoms with Gasteiger partial charge in [0.15, 0.2) is 12.2 Å². The maximum atomic E-state index is 12.6. The number of rotatable bonds is 27. The summed E-state index contributed by atoms with van der Waals surface area (Å²) in [6.07, 6.45) is 0.522. The number of aliphatic hydroxyl groups is 2. The number of nitrogens with one attached hydrogen (secondary N) is 8. The second kappa shape index (κ2) is 29.5. The van der Waals surface area contributed by atoms with Crippen LogP contribution in [0.4, 0.5) is 0 Å². The van der Waals surface area contributed by atoms with Crippen molar-refractivity contribution in [1.82, 2.24) is 42.5 Å². The summed E-state index contributed by atoms with van der Waals surface area (Å²) in [4.78, 5) is 74.2. The molecule has 0 aliphatic carbocycles. The molecule has 0 fully saturated rings. The van der Waals surface area contributed by atoms with Crippen LogP contribution in [0.2, 0.25) is 0 Å². The smallest absolute Gasteiger partial charge is 0.251 e. The van der Waals surface area contributed by atoms with E-state index in [4.69, 9.17) is 0 Å². The minimum absolute atomic E-state index is 0.258. The van der Waals surface area contributed by atoms with Crippen molar-refractivity contribution in [3.63, 3.8) is 0 Å². The van der Waals surface area contributed by atoms with Crippen molar-refractivity contribution < 1.29 is 55.8 Å². The second-order valence-corrected chi connectivity index (χ2v) is 20.0. The van der Waals surface area contributed by atoms with Gasteiger partial charge in [-0.15, -0.1) is 0 Å². The molecular formula is C43H70N8O12S2. The first kappa shape index (κ1) is 58.0. The lowest BCUT2D eigenvalue weighted by atomic mass is 10.0. The molecule has 0 saturated heterocycles. The van der Waals surface area contributed by atoms with Gasteiger partial charge in [-0.3, -0.25) is 28.8 Å². The number of aliphatic hydroxyl groups excluding tert-OH is 2. The maximum Gasteiger partial charge on any atom is 0.251 e. The Morgan fingerprint density at radius 3 is 1.23 bits per heavy atom. The van der Waals surface area contributed by atoms with Gasteiger partial charge in [0.05, 0.1) is 48.8 Å². The van der Waals surface area contributed by atoms with Crippen LogP contribution >= 0.6 is 0 Å². The molecule has 0 aliphatic heterocycles. The molecule has 0 saturated carbocycles. The predicted octanol–water partition coefficient (Wildman–Crippen LogP) is -1.09. The zero-order chi connectivity index (χ0) is 49.3. The van der Waals surface area contributed by atoms with Crippen LogP contribution in [-0.4, -0.2) is 150 Å². The monoisotopic (exact) mass is 954 g/mol. The molecule has 2 aromatic rings. The van der Waals surface area contributed by atoms with Crippen LogP contribution < -0.4 is 42.5 Å². The first-order valence-corrected chi connectivity index (χ1v) is 25.6. The Hall–Kier alpha value is -5.00. The third-order valence-electron chi connectivity index (χ3n) is 9.73. The largest absolute Gasteiger partial charge is 0.381 e. The average Bonchev–Trinajstić information content (AvgIpc) is 3.25. The fourth-order valence-corrected chi connectivity index (χ4v) is 8.12. The van der Waals surface area contributed by atoms with Gasteiger partial charge in [-0.25, -0.2) is 16.8 Å². The molecule has 0 aliphatic rings.